The molecule has 4 aromatic rings. The normalized spacial score (nSPS) is 12.9. The minimum absolute atomic E-state index is 0.227. The Morgan fingerprint density at radius 2 is 1.55 bits per heavy atom. The van der Waals surface area contributed by atoms with E-state index in [9.17, 15) is 0 Å². The van der Waals surface area contributed by atoms with Crippen molar-refractivity contribution in [3.8, 4) is 22.8 Å². The van der Waals surface area contributed by atoms with Crippen LogP contribution in [0, 0.1) is 33.1 Å². The first kappa shape index (κ1) is 20.1. The molecule has 2 heterocycles. The minimum Gasteiger partial charge on any atom is -0.456 e. The van der Waals surface area contributed by atoms with E-state index < -0.39 is 0 Å². The first-order valence-electron chi connectivity index (χ1n) is 11.2. The highest BCUT2D eigenvalue weighted by Gasteiger charge is 2.32. The van der Waals surface area contributed by atoms with Gasteiger partial charge >= 0.3 is 0 Å². The van der Waals surface area contributed by atoms with Gasteiger partial charge in [0.05, 0.1) is 10.9 Å². The Labute approximate surface area is 185 Å². The molecule has 2 nitrogen and oxygen atoms in total. The molecule has 0 spiro atoms. The van der Waals surface area contributed by atoms with E-state index in [2.05, 4.69) is 96.6 Å². The second kappa shape index (κ2) is 6.56. The van der Waals surface area contributed by atoms with Gasteiger partial charge in [0.25, 0.3) is 0 Å². The lowest BCUT2D eigenvalue weighted by molar-refractivity contribution is -0.659. The van der Waals surface area contributed by atoms with Gasteiger partial charge < -0.3 is 4.74 Å². The molecule has 0 amide bonds. The number of aryl methyl sites for hydroxylation is 5. The smallest absolute Gasteiger partial charge is 0.228 e. The van der Waals surface area contributed by atoms with Crippen LogP contribution in [0.3, 0.4) is 0 Å². The van der Waals surface area contributed by atoms with Crippen molar-refractivity contribution in [3.63, 3.8) is 0 Å². The lowest BCUT2D eigenvalue weighted by Crippen LogP contribution is -2.32. The van der Waals surface area contributed by atoms with Gasteiger partial charge in [0.1, 0.15) is 18.5 Å². The largest absolute Gasteiger partial charge is 0.456 e. The van der Waals surface area contributed by atoms with Gasteiger partial charge in [-0.05, 0) is 79.1 Å². The Hall–Kier alpha value is -2.87. The van der Waals surface area contributed by atoms with Gasteiger partial charge in [-0.25, -0.2) is 0 Å². The zero-order chi connectivity index (χ0) is 22.2. The van der Waals surface area contributed by atoms with Crippen LogP contribution < -0.4 is 9.30 Å². The Morgan fingerprint density at radius 3 is 2.26 bits per heavy atom. The number of ether oxygens (including phenoxy) is 1. The molecular formula is C29H32NO+. The lowest BCUT2D eigenvalue weighted by Gasteiger charge is -2.25. The summed E-state index contributed by atoms with van der Waals surface area (Å²) in [6.07, 6.45) is 3.29. The van der Waals surface area contributed by atoms with Gasteiger partial charge in [-0.3, -0.25) is 0 Å². The van der Waals surface area contributed by atoms with E-state index in [1.807, 2.05) is 0 Å². The van der Waals surface area contributed by atoms with E-state index in [1.165, 1.54) is 60.6 Å². The number of hydrogen-bond acceptors (Lipinski definition) is 1. The van der Waals surface area contributed by atoms with E-state index in [1.54, 1.807) is 0 Å². The summed E-state index contributed by atoms with van der Waals surface area (Å²) in [6, 6.07) is 11.5. The molecule has 3 aromatic carbocycles. The fraction of sp³-hybridized carbons (Fsp3) is 0.345. The van der Waals surface area contributed by atoms with E-state index in [4.69, 9.17) is 4.74 Å². The molecule has 0 saturated heterocycles. The molecule has 1 aliphatic heterocycles. The van der Waals surface area contributed by atoms with Crippen molar-refractivity contribution in [2.45, 2.75) is 54.9 Å². The van der Waals surface area contributed by atoms with Crippen LogP contribution in [0.15, 0.2) is 36.5 Å². The third-order valence-electron chi connectivity index (χ3n) is 6.59. The van der Waals surface area contributed by atoms with Crippen molar-refractivity contribution >= 4 is 21.5 Å². The van der Waals surface area contributed by atoms with Gasteiger partial charge in [-0.2, -0.15) is 4.57 Å². The molecule has 158 valence electrons. The van der Waals surface area contributed by atoms with Crippen LogP contribution in [0.4, 0.5) is 0 Å². The summed E-state index contributed by atoms with van der Waals surface area (Å²) >= 11 is 0. The molecule has 0 aliphatic carbocycles. The average molecular weight is 411 g/mol. The molecule has 0 fully saturated rings. The average Bonchev–Trinajstić information content (AvgIpc) is 2.64. The number of nitrogens with zero attached hydrogens (tertiary/aromatic N) is 1. The zero-order valence-corrected chi connectivity index (χ0v) is 20.0. The summed E-state index contributed by atoms with van der Waals surface area (Å²) in [4.78, 5) is 0. The van der Waals surface area contributed by atoms with Gasteiger partial charge in [0.2, 0.25) is 5.69 Å². The third-order valence-corrected chi connectivity index (χ3v) is 6.59. The maximum absolute atomic E-state index is 6.68. The van der Waals surface area contributed by atoms with E-state index in [0.717, 1.165) is 17.9 Å². The molecule has 0 unspecified atom stereocenters. The highest BCUT2D eigenvalue weighted by Crippen LogP contribution is 2.49. The Morgan fingerprint density at radius 1 is 0.806 bits per heavy atom. The van der Waals surface area contributed by atoms with Crippen LogP contribution >= 0.6 is 0 Å². The standard InChI is InChI=1S/C29H32NO/c1-16-9-17(2)21-13-25-26(19(4)23(21)10-16)28-27-22(18(3)15-30(28)8)11-20(12-24(27)31-25)14-29(5,6)7/h9-13,15H,14H2,1-8H3/q+1. The Kier molecular flexibility index (Phi) is 4.25. The highest BCUT2D eigenvalue weighted by molar-refractivity contribution is 6.06. The predicted octanol–water partition coefficient (Wildman–Crippen LogP) is 7.41. The maximum Gasteiger partial charge on any atom is 0.228 e. The third kappa shape index (κ3) is 3.12. The van der Waals surface area contributed by atoms with Gasteiger partial charge in [-0.1, -0.05) is 44.5 Å². The molecule has 5 rings (SSSR count). The van der Waals surface area contributed by atoms with Crippen molar-refractivity contribution < 1.29 is 9.30 Å². The van der Waals surface area contributed by atoms with Crippen molar-refractivity contribution in [2.75, 3.05) is 0 Å². The second-order valence-electron chi connectivity index (χ2n) is 10.7. The number of hydrogen-bond donors (Lipinski definition) is 0. The molecule has 1 aromatic heterocycles. The molecule has 2 heteroatoms. The summed E-state index contributed by atoms with van der Waals surface area (Å²) in [7, 11) is 2.16. The van der Waals surface area contributed by atoms with Crippen molar-refractivity contribution in [3.05, 3.63) is 64.3 Å². The summed E-state index contributed by atoms with van der Waals surface area (Å²) in [5, 5.41) is 5.14. The van der Waals surface area contributed by atoms with Crippen molar-refractivity contribution in [1.29, 1.82) is 0 Å². The van der Waals surface area contributed by atoms with Gasteiger partial charge in [0, 0.05) is 10.9 Å². The summed E-state index contributed by atoms with van der Waals surface area (Å²) < 4.78 is 8.96. The van der Waals surface area contributed by atoms with Crippen LogP contribution in [-0.2, 0) is 13.5 Å². The zero-order valence-electron chi connectivity index (χ0n) is 20.0. The first-order valence-corrected chi connectivity index (χ1v) is 11.2. The lowest BCUT2D eigenvalue weighted by atomic mass is 9.85. The molecular weight excluding hydrogens is 378 g/mol. The summed E-state index contributed by atoms with van der Waals surface area (Å²) in [5.74, 6) is 1.96. The van der Waals surface area contributed by atoms with E-state index in [0.29, 0.717) is 0 Å². The molecule has 0 bridgehead atoms. The van der Waals surface area contributed by atoms with E-state index in [-0.39, 0.29) is 5.41 Å². The summed E-state index contributed by atoms with van der Waals surface area (Å²) in [6.45, 7) is 15.7. The van der Waals surface area contributed by atoms with Crippen LogP contribution in [0.2, 0.25) is 0 Å². The number of aromatic nitrogens is 1. The fourth-order valence-corrected chi connectivity index (χ4v) is 5.42. The Bertz CT molecular complexity index is 1400. The first-order chi connectivity index (χ1) is 14.5. The minimum atomic E-state index is 0.227. The molecule has 0 N–H and O–H groups in total. The molecule has 1 aliphatic rings. The monoisotopic (exact) mass is 410 g/mol. The van der Waals surface area contributed by atoms with E-state index >= 15 is 0 Å². The molecule has 0 saturated carbocycles. The van der Waals surface area contributed by atoms with Crippen molar-refractivity contribution in [2.24, 2.45) is 12.5 Å². The number of fused-ring (bicyclic) bond motifs is 3. The van der Waals surface area contributed by atoms with Crippen LogP contribution in [0.25, 0.3) is 32.8 Å². The molecule has 31 heavy (non-hydrogen) atoms. The number of benzene rings is 3. The second-order valence-corrected chi connectivity index (χ2v) is 10.7. The van der Waals surface area contributed by atoms with Crippen LogP contribution in [0.1, 0.15) is 48.6 Å². The fourth-order valence-electron chi connectivity index (χ4n) is 5.42. The SMILES string of the molecule is Cc1cc(C)c2cc3c(c(C)c2c1)-c1c2c(cc(CC(C)(C)C)cc2c(C)c[n+]1C)O3. The van der Waals surface area contributed by atoms with Crippen LogP contribution in [-0.4, -0.2) is 0 Å². The summed E-state index contributed by atoms with van der Waals surface area (Å²) in [5.41, 5.74) is 9.24. The van der Waals surface area contributed by atoms with Crippen molar-refractivity contribution in [1.82, 2.24) is 0 Å². The molecule has 0 atom stereocenters. The number of pyridine rings is 1. The highest BCUT2D eigenvalue weighted by atomic mass is 16.5. The Balaban J connectivity index is 1.89. The van der Waals surface area contributed by atoms with Gasteiger partial charge in [0.15, 0.2) is 6.20 Å². The molecule has 0 radical (unpaired) electrons. The maximum atomic E-state index is 6.68. The van der Waals surface area contributed by atoms with Gasteiger partial charge in [-0.15, -0.1) is 0 Å². The predicted molar refractivity (Wildman–Crippen MR) is 130 cm³/mol. The number of rotatable bonds is 1. The van der Waals surface area contributed by atoms with Crippen LogP contribution in [0.5, 0.6) is 11.5 Å². The topological polar surface area (TPSA) is 13.1 Å². The quantitative estimate of drug-likeness (QED) is 0.262.